The Morgan fingerprint density at radius 3 is 2.59 bits per heavy atom. The number of rotatable bonds is 8. The van der Waals surface area contributed by atoms with Gasteiger partial charge in [0.05, 0.1) is 29.8 Å². The van der Waals surface area contributed by atoms with E-state index in [4.69, 9.17) is 16.3 Å². The van der Waals surface area contributed by atoms with Crippen molar-refractivity contribution in [1.29, 1.82) is 0 Å². The van der Waals surface area contributed by atoms with Crippen molar-refractivity contribution in [3.8, 4) is 0 Å². The van der Waals surface area contributed by atoms with Gasteiger partial charge in [-0.2, -0.15) is 0 Å². The van der Waals surface area contributed by atoms with Gasteiger partial charge in [-0.1, -0.05) is 61.5 Å². The molecule has 0 fully saturated rings. The number of ketones is 1. The Bertz CT molecular complexity index is 1080. The Hall–Kier alpha value is -2.15. The Morgan fingerprint density at radius 2 is 1.93 bits per heavy atom. The molecule has 0 aliphatic rings. The number of hydrogen-bond acceptors (Lipinski definition) is 5. The van der Waals surface area contributed by atoms with Crippen molar-refractivity contribution in [1.82, 2.24) is 9.55 Å². The number of methoxy groups -OCH3 is 1. The molecule has 7 heteroatoms. The van der Waals surface area contributed by atoms with Gasteiger partial charge in [0.1, 0.15) is 0 Å². The van der Waals surface area contributed by atoms with Gasteiger partial charge >= 0.3 is 0 Å². The highest BCUT2D eigenvalue weighted by Crippen LogP contribution is 2.22. The van der Waals surface area contributed by atoms with Gasteiger partial charge in [-0.3, -0.25) is 14.2 Å². The number of Topliss-reactive ketones (excluding diaryl/α,β-unsaturated/α-hetero) is 1. The minimum atomic E-state index is -0.167. The number of benzene rings is 2. The van der Waals surface area contributed by atoms with E-state index in [9.17, 15) is 9.59 Å². The SMILES string of the molecule is COCCn1c(SCC(=O)c2ccc(C(C)C)cc2)nc2cc(Cl)ccc2c1=O. The second-order valence-corrected chi connectivity index (χ2v) is 8.37. The van der Waals surface area contributed by atoms with Crippen LogP contribution in [0, 0.1) is 0 Å². The van der Waals surface area contributed by atoms with E-state index in [2.05, 4.69) is 18.8 Å². The summed E-state index contributed by atoms with van der Waals surface area (Å²) in [5, 5.41) is 1.48. The first-order chi connectivity index (χ1) is 13.9. The Morgan fingerprint density at radius 1 is 1.21 bits per heavy atom. The highest BCUT2D eigenvalue weighted by Gasteiger charge is 2.15. The van der Waals surface area contributed by atoms with E-state index in [1.54, 1.807) is 29.9 Å². The van der Waals surface area contributed by atoms with Gasteiger partial charge in [-0.25, -0.2) is 4.98 Å². The molecule has 0 atom stereocenters. The van der Waals surface area contributed by atoms with Gasteiger partial charge in [0, 0.05) is 17.7 Å². The van der Waals surface area contributed by atoms with E-state index in [0.717, 1.165) is 0 Å². The van der Waals surface area contributed by atoms with E-state index in [1.165, 1.54) is 17.3 Å². The van der Waals surface area contributed by atoms with Crippen LogP contribution >= 0.6 is 23.4 Å². The molecular weight excluding hydrogens is 408 g/mol. The largest absolute Gasteiger partial charge is 0.383 e. The predicted molar refractivity (Wildman–Crippen MR) is 118 cm³/mol. The molecule has 0 saturated carbocycles. The molecule has 29 heavy (non-hydrogen) atoms. The van der Waals surface area contributed by atoms with Gasteiger partial charge in [0.2, 0.25) is 0 Å². The quantitative estimate of drug-likeness (QED) is 0.292. The van der Waals surface area contributed by atoms with Gasteiger partial charge in [0.25, 0.3) is 5.56 Å². The summed E-state index contributed by atoms with van der Waals surface area (Å²) in [5.41, 5.74) is 2.19. The number of aromatic nitrogens is 2. The second-order valence-electron chi connectivity index (χ2n) is 6.99. The first-order valence-corrected chi connectivity index (χ1v) is 10.7. The normalized spacial score (nSPS) is 11.3. The third kappa shape index (κ3) is 5.07. The lowest BCUT2D eigenvalue weighted by molar-refractivity contribution is 0.102. The van der Waals surface area contributed by atoms with Crippen LogP contribution in [0.3, 0.4) is 0 Å². The monoisotopic (exact) mass is 430 g/mol. The molecule has 0 spiro atoms. The first-order valence-electron chi connectivity index (χ1n) is 9.35. The van der Waals surface area contributed by atoms with Crippen LogP contribution in [0.5, 0.6) is 0 Å². The van der Waals surface area contributed by atoms with E-state index < -0.39 is 0 Å². The molecular formula is C22H23ClN2O3S. The molecule has 1 aromatic heterocycles. The maximum absolute atomic E-state index is 12.9. The zero-order valence-electron chi connectivity index (χ0n) is 16.6. The van der Waals surface area contributed by atoms with Crippen LogP contribution in [-0.2, 0) is 11.3 Å². The zero-order chi connectivity index (χ0) is 21.0. The molecule has 152 valence electrons. The van der Waals surface area contributed by atoms with Crippen LogP contribution in [0.15, 0.2) is 52.4 Å². The van der Waals surface area contributed by atoms with Crippen molar-refractivity contribution >= 4 is 40.0 Å². The Labute approximate surface area is 179 Å². The molecule has 0 aliphatic heterocycles. The summed E-state index contributed by atoms with van der Waals surface area (Å²) in [7, 11) is 1.58. The number of thioether (sulfide) groups is 1. The molecule has 0 radical (unpaired) electrons. The van der Waals surface area contributed by atoms with Gasteiger partial charge < -0.3 is 4.74 Å². The lowest BCUT2D eigenvalue weighted by Gasteiger charge is -2.13. The van der Waals surface area contributed by atoms with Crippen LogP contribution in [0.25, 0.3) is 10.9 Å². The van der Waals surface area contributed by atoms with Crippen LogP contribution in [0.1, 0.15) is 35.7 Å². The lowest BCUT2D eigenvalue weighted by Crippen LogP contribution is -2.25. The smallest absolute Gasteiger partial charge is 0.262 e. The summed E-state index contributed by atoms with van der Waals surface area (Å²) in [5.74, 6) is 0.591. The van der Waals surface area contributed by atoms with E-state index >= 15 is 0 Å². The molecule has 5 nitrogen and oxygen atoms in total. The number of fused-ring (bicyclic) bond motifs is 1. The molecule has 0 amide bonds. The average Bonchev–Trinajstić information content (AvgIpc) is 2.71. The molecule has 2 aromatic carbocycles. The Balaban J connectivity index is 1.87. The van der Waals surface area contributed by atoms with E-state index in [-0.39, 0.29) is 17.1 Å². The van der Waals surface area contributed by atoms with E-state index in [1.807, 2.05) is 24.3 Å². The lowest BCUT2D eigenvalue weighted by atomic mass is 10.0. The van der Waals surface area contributed by atoms with Gasteiger partial charge in [0.15, 0.2) is 10.9 Å². The fourth-order valence-electron chi connectivity index (χ4n) is 2.93. The van der Waals surface area contributed by atoms with Crippen molar-refractivity contribution in [2.45, 2.75) is 31.5 Å². The van der Waals surface area contributed by atoms with Crippen molar-refractivity contribution in [2.24, 2.45) is 0 Å². The number of ether oxygens (including phenoxy) is 1. The third-order valence-electron chi connectivity index (χ3n) is 4.63. The predicted octanol–water partition coefficient (Wildman–Crippen LogP) is 4.79. The van der Waals surface area contributed by atoms with Gasteiger partial charge in [-0.15, -0.1) is 0 Å². The first kappa shape index (κ1) is 21.6. The summed E-state index contributed by atoms with van der Waals surface area (Å²) in [4.78, 5) is 30.1. The minimum Gasteiger partial charge on any atom is -0.383 e. The summed E-state index contributed by atoms with van der Waals surface area (Å²) in [6.45, 7) is 4.96. The molecule has 0 bridgehead atoms. The standard InChI is InChI=1S/C22H23ClN2O3S/c1-14(2)15-4-6-16(7-5-15)20(26)13-29-22-24-19-12-17(23)8-9-18(19)21(27)25(22)10-11-28-3/h4-9,12,14H,10-11,13H2,1-3H3. The maximum Gasteiger partial charge on any atom is 0.262 e. The molecule has 0 saturated heterocycles. The summed E-state index contributed by atoms with van der Waals surface area (Å²) < 4.78 is 6.68. The molecule has 3 aromatic rings. The van der Waals surface area contributed by atoms with Crippen molar-refractivity contribution in [3.05, 3.63) is 69.0 Å². The van der Waals surface area contributed by atoms with Crippen molar-refractivity contribution in [2.75, 3.05) is 19.5 Å². The minimum absolute atomic E-state index is 0.0102. The third-order valence-corrected chi connectivity index (χ3v) is 5.84. The highest BCUT2D eigenvalue weighted by molar-refractivity contribution is 7.99. The topological polar surface area (TPSA) is 61.2 Å². The number of halogens is 1. The fraction of sp³-hybridized carbons (Fsp3) is 0.318. The number of nitrogens with zero attached hydrogens (tertiary/aromatic N) is 2. The maximum atomic E-state index is 12.9. The van der Waals surface area contributed by atoms with Crippen molar-refractivity contribution in [3.63, 3.8) is 0 Å². The molecule has 0 N–H and O–H groups in total. The molecule has 1 heterocycles. The number of carbonyl (C=O) groups is 1. The molecule has 3 rings (SSSR count). The highest BCUT2D eigenvalue weighted by atomic mass is 35.5. The van der Waals surface area contributed by atoms with Gasteiger partial charge in [-0.05, 0) is 29.7 Å². The van der Waals surface area contributed by atoms with Crippen LogP contribution in [0.4, 0.5) is 0 Å². The van der Waals surface area contributed by atoms with Crippen molar-refractivity contribution < 1.29 is 9.53 Å². The van der Waals surface area contributed by atoms with Crippen LogP contribution in [0.2, 0.25) is 5.02 Å². The molecule has 0 aliphatic carbocycles. The average molecular weight is 431 g/mol. The Kier molecular flexibility index (Phi) is 7.11. The summed E-state index contributed by atoms with van der Waals surface area (Å²) in [6, 6.07) is 12.7. The molecule has 0 unspecified atom stereocenters. The fourth-order valence-corrected chi connectivity index (χ4v) is 4.02. The summed E-state index contributed by atoms with van der Waals surface area (Å²) in [6.07, 6.45) is 0. The van der Waals surface area contributed by atoms with Crippen LogP contribution in [-0.4, -0.2) is 34.8 Å². The van der Waals surface area contributed by atoms with Crippen LogP contribution < -0.4 is 5.56 Å². The van der Waals surface area contributed by atoms with E-state index in [0.29, 0.717) is 45.7 Å². The summed E-state index contributed by atoms with van der Waals surface area (Å²) >= 11 is 7.31. The zero-order valence-corrected chi connectivity index (χ0v) is 18.2. The number of carbonyl (C=O) groups excluding carboxylic acids is 1. The second kappa shape index (κ2) is 9.57. The number of hydrogen-bond donors (Lipinski definition) is 0.